The van der Waals surface area contributed by atoms with Crippen LogP contribution in [0.3, 0.4) is 0 Å². The molecule has 1 fully saturated rings. The third kappa shape index (κ3) is 3.27. The molecule has 3 rings (SSSR count). The summed E-state index contributed by atoms with van der Waals surface area (Å²) in [6.45, 7) is 2.24. The first-order valence-electron chi connectivity index (χ1n) is 7.12. The van der Waals surface area contributed by atoms with Crippen molar-refractivity contribution in [2.45, 2.75) is 38.7 Å². The predicted octanol–water partition coefficient (Wildman–Crippen LogP) is 1.30. The molecule has 0 aliphatic heterocycles. The molecule has 8 heteroatoms. The second-order valence-corrected chi connectivity index (χ2v) is 5.37. The summed E-state index contributed by atoms with van der Waals surface area (Å²) >= 11 is 0. The molecule has 1 saturated carbocycles. The number of nitrogens with two attached hydrogens (primary N) is 1. The molecule has 0 spiro atoms. The molecule has 0 saturated heterocycles. The summed E-state index contributed by atoms with van der Waals surface area (Å²) in [5.41, 5.74) is 2.44. The van der Waals surface area contributed by atoms with Crippen LogP contribution in [-0.2, 0) is 0 Å². The van der Waals surface area contributed by atoms with Crippen LogP contribution in [0.1, 0.15) is 32.6 Å². The van der Waals surface area contributed by atoms with Crippen LogP contribution in [0.15, 0.2) is 18.7 Å². The third-order valence-electron chi connectivity index (χ3n) is 3.63. The Labute approximate surface area is 122 Å². The Balaban J connectivity index is 1.82. The largest absolute Gasteiger partial charge is 0.460 e. The fourth-order valence-corrected chi connectivity index (χ4v) is 2.59. The van der Waals surface area contributed by atoms with E-state index >= 15 is 0 Å². The monoisotopic (exact) mass is 289 g/mol. The number of ether oxygens (including phenoxy) is 1. The second-order valence-electron chi connectivity index (χ2n) is 5.37. The fraction of sp³-hybridized carbons (Fsp3) is 0.538. The van der Waals surface area contributed by atoms with Gasteiger partial charge in [-0.3, -0.25) is 9.99 Å². The zero-order chi connectivity index (χ0) is 14.7. The van der Waals surface area contributed by atoms with Crippen LogP contribution in [0.4, 0.5) is 5.95 Å². The highest BCUT2D eigenvalue weighted by Gasteiger charge is 2.22. The van der Waals surface area contributed by atoms with Crippen molar-refractivity contribution in [3.8, 4) is 12.0 Å². The van der Waals surface area contributed by atoms with Crippen LogP contribution in [0, 0.1) is 5.92 Å². The Kier molecular flexibility index (Phi) is 3.96. The predicted molar refractivity (Wildman–Crippen MR) is 76.8 cm³/mol. The number of hydrogen-bond acceptors (Lipinski definition) is 7. The van der Waals surface area contributed by atoms with Gasteiger partial charge in [0.25, 0.3) is 0 Å². The van der Waals surface area contributed by atoms with Crippen molar-refractivity contribution in [2.24, 2.45) is 11.8 Å². The lowest BCUT2D eigenvalue weighted by Crippen LogP contribution is -2.25. The van der Waals surface area contributed by atoms with Gasteiger partial charge < -0.3 is 4.74 Å². The van der Waals surface area contributed by atoms with Crippen molar-refractivity contribution in [3.05, 3.63) is 18.7 Å². The van der Waals surface area contributed by atoms with Gasteiger partial charge in [-0.1, -0.05) is 13.3 Å². The van der Waals surface area contributed by atoms with E-state index in [1.54, 1.807) is 23.3 Å². The summed E-state index contributed by atoms with van der Waals surface area (Å²) in [7, 11) is 0. The highest BCUT2D eigenvalue weighted by atomic mass is 16.5. The van der Waals surface area contributed by atoms with E-state index in [4.69, 9.17) is 10.6 Å². The molecule has 0 bridgehead atoms. The topological polar surface area (TPSA) is 104 Å². The van der Waals surface area contributed by atoms with Gasteiger partial charge in [0.05, 0.1) is 0 Å². The van der Waals surface area contributed by atoms with E-state index in [-0.39, 0.29) is 12.1 Å². The van der Waals surface area contributed by atoms with Crippen molar-refractivity contribution >= 4 is 5.95 Å². The molecule has 1 aliphatic rings. The van der Waals surface area contributed by atoms with Gasteiger partial charge >= 0.3 is 6.01 Å². The fourth-order valence-electron chi connectivity index (χ4n) is 2.59. The van der Waals surface area contributed by atoms with Crippen molar-refractivity contribution in [2.75, 3.05) is 5.43 Å². The Morgan fingerprint density at radius 3 is 2.95 bits per heavy atom. The van der Waals surface area contributed by atoms with Crippen LogP contribution in [-0.4, -0.2) is 30.6 Å². The maximum atomic E-state index is 5.92. The number of nitrogens with zero attached hydrogens (tertiary/aromatic N) is 5. The Morgan fingerprint density at radius 2 is 2.24 bits per heavy atom. The lowest BCUT2D eigenvalue weighted by atomic mass is 9.89. The van der Waals surface area contributed by atoms with Gasteiger partial charge in [-0.2, -0.15) is 15.0 Å². The van der Waals surface area contributed by atoms with Crippen molar-refractivity contribution in [1.82, 2.24) is 24.5 Å². The van der Waals surface area contributed by atoms with E-state index in [0.29, 0.717) is 17.9 Å². The zero-order valence-electron chi connectivity index (χ0n) is 11.9. The molecule has 0 aromatic carbocycles. The molecule has 2 atom stereocenters. The SMILES string of the molecule is CC1CCCC(Oc2nc(NN)nc(-n3ccnc3)n2)C1. The summed E-state index contributed by atoms with van der Waals surface area (Å²) in [4.78, 5) is 16.7. The summed E-state index contributed by atoms with van der Waals surface area (Å²) in [6.07, 6.45) is 9.66. The normalized spacial score (nSPS) is 22.0. The van der Waals surface area contributed by atoms with Crippen molar-refractivity contribution in [1.29, 1.82) is 0 Å². The van der Waals surface area contributed by atoms with Gasteiger partial charge in [-0.15, -0.1) is 0 Å². The van der Waals surface area contributed by atoms with Crippen LogP contribution in [0.5, 0.6) is 6.01 Å². The minimum atomic E-state index is 0.150. The van der Waals surface area contributed by atoms with E-state index in [2.05, 4.69) is 32.3 Å². The standard InChI is InChI=1S/C13H19N7O/c1-9-3-2-4-10(7-9)21-13-17-11(19-14)16-12(18-13)20-6-5-15-8-20/h5-6,8-10H,2-4,7,14H2,1H3,(H,16,17,18,19). The van der Waals surface area contributed by atoms with Gasteiger partial charge in [0, 0.05) is 12.4 Å². The summed E-state index contributed by atoms with van der Waals surface area (Å²) < 4.78 is 7.59. The van der Waals surface area contributed by atoms with E-state index < -0.39 is 0 Å². The number of imidazole rings is 1. The second kappa shape index (κ2) is 6.04. The average Bonchev–Trinajstić information content (AvgIpc) is 3.01. The van der Waals surface area contributed by atoms with Gasteiger partial charge in [-0.25, -0.2) is 10.8 Å². The molecular formula is C13H19N7O. The summed E-state index contributed by atoms with van der Waals surface area (Å²) in [5.74, 6) is 6.78. The highest BCUT2D eigenvalue weighted by Crippen LogP contribution is 2.26. The Bertz CT molecular complexity index is 586. The van der Waals surface area contributed by atoms with Crippen LogP contribution in [0.25, 0.3) is 5.95 Å². The number of nitrogen functional groups attached to an aromatic ring is 1. The van der Waals surface area contributed by atoms with Crippen LogP contribution >= 0.6 is 0 Å². The van der Waals surface area contributed by atoms with Crippen molar-refractivity contribution in [3.63, 3.8) is 0 Å². The Morgan fingerprint density at radius 1 is 1.33 bits per heavy atom. The highest BCUT2D eigenvalue weighted by molar-refractivity contribution is 5.28. The van der Waals surface area contributed by atoms with E-state index in [9.17, 15) is 0 Å². The molecule has 8 nitrogen and oxygen atoms in total. The van der Waals surface area contributed by atoms with Crippen LogP contribution in [0.2, 0.25) is 0 Å². The van der Waals surface area contributed by atoms with Gasteiger partial charge in [0.15, 0.2) is 0 Å². The van der Waals surface area contributed by atoms with Gasteiger partial charge in [0.2, 0.25) is 11.9 Å². The molecule has 0 radical (unpaired) electrons. The number of hydrazine groups is 1. The van der Waals surface area contributed by atoms with Crippen LogP contribution < -0.4 is 16.0 Å². The first-order valence-corrected chi connectivity index (χ1v) is 7.12. The minimum absolute atomic E-state index is 0.150. The number of aromatic nitrogens is 5. The van der Waals surface area contributed by atoms with Crippen molar-refractivity contribution < 1.29 is 4.74 Å². The quantitative estimate of drug-likeness (QED) is 0.645. The molecule has 2 heterocycles. The molecule has 21 heavy (non-hydrogen) atoms. The first-order chi connectivity index (χ1) is 10.2. The molecule has 2 unspecified atom stereocenters. The number of rotatable bonds is 4. The van der Waals surface area contributed by atoms with E-state index in [1.165, 1.54) is 12.8 Å². The van der Waals surface area contributed by atoms with Gasteiger partial charge in [0.1, 0.15) is 12.4 Å². The molecule has 2 aromatic rings. The summed E-state index contributed by atoms with van der Waals surface area (Å²) in [6, 6.07) is 0.292. The molecule has 0 amide bonds. The summed E-state index contributed by atoms with van der Waals surface area (Å²) in [5, 5.41) is 0. The molecule has 1 aliphatic carbocycles. The lowest BCUT2D eigenvalue weighted by molar-refractivity contribution is 0.118. The smallest absolute Gasteiger partial charge is 0.323 e. The average molecular weight is 289 g/mol. The van der Waals surface area contributed by atoms with Gasteiger partial charge in [-0.05, 0) is 25.2 Å². The maximum Gasteiger partial charge on any atom is 0.323 e. The third-order valence-corrected chi connectivity index (χ3v) is 3.63. The molecule has 3 N–H and O–H groups in total. The molecule has 112 valence electrons. The zero-order valence-corrected chi connectivity index (χ0v) is 11.9. The Hall–Kier alpha value is -2.22. The lowest BCUT2D eigenvalue weighted by Gasteiger charge is -2.26. The van der Waals surface area contributed by atoms with E-state index in [0.717, 1.165) is 12.8 Å². The maximum absolute atomic E-state index is 5.92. The number of anilines is 1. The molecular weight excluding hydrogens is 270 g/mol. The minimum Gasteiger partial charge on any atom is -0.460 e. The number of nitrogens with one attached hydrogen (secondary N) is 1. The van der Waals surface area contributed by atoms with E-state index in [1.807, 2.05) is 0 Å². The number of hydrogen-bond donors (Lipinski definition) is 2. The first kappa shape index (κ1) is 13.7. The molecule has 2 aromatic heterocycles.